The maximum atomic E-state index is 13.0. The van der Waals surface area contributed by atoms with E-state index in [4.69, 9.17) is 0 Å². The van der Waals surface area contributed by atoms with Crippen molar-refractivity contribution in [3.05, 3.63) is 35.1 Å². The molecule has 0 radical (unpaired) electrons. The third kappa shape index (κ3) is 3.31. The molecule has 1 aromatic rings. The summed E-state index contributed by atoms with van der Waals surface area (Å²) in [5.74, 6) is 0.611. The lowest BCUT2D eigenvalue weighted by molar-refractivity contribution is 0.174. The van der Waals surface area contributed by atoms with Gasteiger partial charge in [0.1, 0.15) is 5.82 Å². The van der Waals surface area contributed by atoms with Gasteiger partial charge in [0, 0.05) is 0 Å². The first-order valence-corrected chi connectivity index (χ1v) is 5.97. The Bertz CT molecular complexity index is 281. The van der Waals surface area contributed by atoms with Crippen molar-refractivity contribution in [3.63, 3.8) is 0 Å². The zero-order valence-electron chi connectivity index (χ0n) is 8.46. The van der Waals surface area contributed by atoms with E-state index in [1.807, 2.05) is 19.2 Å². The van der Waals surface area contributed by atoms with E-state index in [1.54, 1.807) is 11.8 Å². The fourth-order valence-electron chi connectivity index (χ4n) is 1.35. The van der Waals surface area contributed by atoms with E-state index in [1.165, 1.54) is 12.1 Å². The third-order valence-corrected chi connectivity index (χ3v) is 2.69. The van der Waals surface area contributed by atoms with Gasteiger partial charge in [-0.3, -0.25) is 0 Å². The lowest BCUT2D eigenvalue weighted by Crippen LogP contribution is -2.00. The number of hydrogen-bond acceptors (Lipinski definition) is 2. The minimum atomic E-state index is -0.545. The predicted molar refractivity (Wildman–Crippen MR) is 59.1 cm³/mol. The smallest absolute Gasteiger partial charge is 0.123 e. The molecule has 0 heterocycles. The SMILES string of the molecule is CSCCC(O)c1cc(C)cc(F)c1. The maximum absolute atomic E-state index is 13.0. The summed E-state index contributed by atoms with van der Waals surface area (Å²) in [4.78, 5) is 0. The molecular formula is C11H15FOS. The molecule has 0 bridgehead atoms. The molecule has 3 heteroatoms. The number of aryl methyl sites for hydroxylation is 1. The minimum Gasteiger partial charge on any atom is -0.388 e. The van der Waals surface area contributed by atoms with E-state index < -0.39 is 6.10 Å². The standard InChI is InChI=1S/C11H15FOS/c1-8-5-9(7-10(12)6-8)11(13)3-4-14-2/h5-7,11,13H,3-4H2,1-2H3. The molecule has 0 saturated carbocycles. The lowest BCUT2D eigenvalue weighted by Gasteiger charge is -2.10. The highest BCUT2D eigenvalue weighted by molar-refractivity contribution is 7.98. The van der Waals surface area contributed by atoms with Gasteiger partial charge in [-0.2, -0.15) is 11.8 Å². The van der Waals surface area contributed by atoms with Gasteiger partial charge in [-0.05, 0) is 48.6 Å². The molecule has 0 aliphatic rings. The Morgan fingerprint density at radius 1 is 1.43 bits per heavy atom. The summed E-state index contributed by atoms with van der Waals surface area (Å²) in [6, 6.07) is 4.69. The van der Waals surface area contributed by atoms with Crippen molar-refractivity contribution < 1.29 is 9.50 Å². The van der Waals surface area contributed by atoms with Crippen LogP contribution in [0.1, 0.15) is 23.7 Å². The van der Waals surface area contributed by atoms with Crippen LogP contribution in [0.4, 0.5) is 4.39 Å². The zero-order valence-corrected chi connectivity index (χ0v) is 9.27. The van der Waals surface area contributed by atoms with E-state index in [2.05, 4.69) is 0 Å². The Balaban J connectivity index is 2.73. The molecule has 0 spiro atoms. The van der Waals surface area contributed by atoms with Crippen molar-refractivity contribution >= 4 is 11.8 Å². The number of aliphatic hydroxyl groups excluding tert-OH is 1. The van der Waals surface area contributed by atoms with Gasteiger partial charge in [0.25, 0.3) is 0 Å². The van der Waals surface area contributed by atoms with Crippen LogP contribution >= 0.6 is 11.8 Å². The predicted octanol–water partition coefficient (Wildman–Crippen LogP) is 2.92. The fourth-order valence-corrected chi connectivity index (χ4v) is 1.81. The minimum absolute atomic E-state index is 0.275. The number of aliphatic hydroxyl groups is 1. The highest BCUT2D eigenvalue weighted by atomic mass is 32.2. The van der Waals surface area contributed by atoms with E-state index in [-0.39, 0.29) is 5.82 Å². The van der Waals surface area contributed by atoms with Crippen molar-refractivity contribution in [1.29, 1.82) is 0 Å². The van der Waals surface area contributed by atoms with Crippen molar-refractivity contribution in [2.75, 3.05) is 12.0 Å². The van der Waals surface area contributed by atoms with Crippen LogP contribution < -0.4 is 0 Å². The quantitative estimate of drug-likeness (QED) is 0.831. The van der Waals surface area contributed by atoms with Crippen LogP contribution in [0.3, 0.4) is 0 Å². The highest BCUT2D eigenvalue weighted by Gasteiger charge is 2.08. The Hall–Kier alpha value is -0.540. The van der Waals surface area contributed by atoms with E-state index in [0.29, 0.717) is 12.0 Å². The molecule has 0 amide bonds. The number of halogens is 1. The van der Waals surface area contributed by atoms with Crippen LogP contribution in [0.15, 0.2) is 18.2 Å². The van der Waals surface area contributed by atoms with Crippen LogP contribution in [0.5, 0.6) is 0 Å². The topological polar surface area (TPSA) is 20.2 Å². The Morgan fingerprint density at radius 3 is 2.71 bits per heavy atom. The summed E-state index contributed by atoms with van der Waals surface area (Å²) in [5.41, 5.74) is 1.53. The number of rotatable bonds is 4. The summed E-state index contributed by atoms with van der Waals surface area (Å²) in [6.07, 6.45) is 2.12. The molecule has 1 nitrogen and oxygen atoms in total. The first kappa shape index (κ1) is 11.5. The van der Waals surface area contributed by atoms with Gasteiger partial charge >= 0.3 is 0 Å². The van der Waals surface area contributed by atoms with Crippen LogP contribution in [-0.2, 0) is 0 Å². The maximum Gasteiger partial charge on any atom is 0.123 e. The molecule has 0 aromatic heterocycles. The zero-order chi connectivity index (χ0) is 10.6. The molecule has 78 valence electrons. The van der Waals surface area contributed by atoms with Gasteiger partial charge in [-0.25, -0.2) is 4.39 Å². The summed E-state index contributed by atoms with van der Waals surface area (Å²) in [6.45, 7) is 1.83. The molecule has 1 unspecified atom stereocenters. The monoisotopic (exact) mass is 214 g/mol. The molecule has 0 fully saturated rings. The number of thioether (sulfide) groups is 1. The van der Waals surface area contributed by atoms with Crippen LogP contribution in [0, 0.1) is 12.7 Å². The second-order valence-electron chi connectivity index (χ2n) is 3.36. The molecule has 0 saturated heterocycles. The average Bonchev–Trinajstić information content (AvgIpc) is 2.12. The molecule has 0 aliphatic carbocycles. The number of benzene rings is 1. The summed E-state index contributed by atoms with van der Waals surface area (Å²) in [5, 5.41) is 9.72. The average molecular weight is 214 g/mol. The highest BCUT2D eigenvalue weighted by Crippen LogP contribution is 2.20. The summed E-state index contributed by atoms with van der Waals surface area (Å²) in [7, 11) is 0. The first-order chi connectivity index (χ1) is 6.63. The van der Waals surface area contributed by atoms with Gasteiger partial charge in [-0.1, -0.05) is 6.07 Å². The first-order valence-electron chi connectivity index (χ1n) is 4.57. The summed E-state index contributed by atoms with van der Waals surface area (Å²) >= 11 is 1.68. The van der Waals surface area contributed by atoms with Gasteiger partial charge in [0.15, 0.2) is 0 Å². The third-order valence-electron chi connectivity index (χ3n) is 2.04. The van der Waals surface area contributed by atoms with Gasteiger partial charge in [-0.15, -0.1) is 0 Å². The van der Waals surface area contributed by atoms with Crippen molar-refractivity contribution in [2.24, 2.45) is 0 Å². The van der Waals surface area contributed by atoms with Crippen molar-refractivity contribution in [1.82, 2.24) is 0 Å². The largest absolute Gasteiger partial charge is 0.388 e. The van der Waals surface area contributed by atoms with Crippen LogP contribution in [-0.4, -0.2) is 17.1 Å². The Kier molecular flexibility index (Phi) is 4.42. The van der Waals surface area contributed by atoms with Gasteiger partial charge < -0.3 is 5.11 Å². The fraction of sp³-hybridized carbons (Fsp3) is 0.455. The normalized spacial score (nSPS) is 12.9. The molecule has 0 aliphatic heterocycles. The van der Waals surface area contributed by atoms with Gasteiger partial charge in [0.05, 0.1) is 6.10 Å². The second kappa shape index (κ2) is 5.37. The van der Waals surface area contributed by atoms with Crippen molar-refractivity contribution in [3.8, 4) is 0 Å². The molecule has 1 rings (SSSR count). The molecular weight excluding hydrogens is 199 g/mol. The van der Waals surface area contributed by atoms with Crippen molar-refractivity contribution in [2.45, 2.75) is 19.4 Å². The van der Waals surface area contributed by atoms with E-state index >= 15 is 0 Å². The molecule has 1 atom stereocenters. The lowest BCUT2D eigenvalue weighted by atomic mass is 10.0. The molecule has 1 N–H and O–H groups in total. The van der Waals surface area contributed by atoms with Crippen LogP contribution in [0.25, 0.3) is 0 Å². The van der Waals surface area contributed by atoms with Crippen LogP contribution in [0.2, 0.25) is 0 Å². The summed E-state index contributed by atoms with van der Waals surface area (Å²) < 4.78 is 13.0. The Morgan fingerprint density at radius 2 is 2.14 bits per heavy atom. The van der Waals surface area contributed by atoms with E-state index in [9.17, 15) is 9.50 Å². The molecule has 14 heavy (non-hydrogen) atoms. The van der Waals surface area contributed by atoms with Gasteiger partial charge in [0.2, 0.25) is 0 Å². The second-order valence-corrected chi connectivity index (χ2v) is 4.34. The molecule has 1 aromatic carbocycles. The Labute approximate surface area is 88.3 Å². The van der Waals surface area contributed by atoms with E-state index in [0.717, 1.165) is 11.3 Å². The number of hydrogen-bond donors (Lipinski definition) is 1.